The van der Waals surface area contributed by atoms with Gasteiger partial charge in [-0.05, 0) is 37.1 Å². The molecule has 1 aliphatic rings. The molecular weight excluding hydrogens is 216 g/mol. The second-order valence-corrected chi connectivity index (χ2v) is 4.28. The standard InChI is InChI=1S/C13H16N2O2/c14-7-10-1-5-13(6-2-10)17-9-12(16)8-15-11-3-4-11/h1-2,5-6,11-12,15-16H,3-4,8-9H2. The van der Waals surface area contributed by atoms with Gasteiger partial charge in [-0.25, -0.2) is 0 Å². The maximum atomic E-state index is 9.65. The van der Waals surface area contributed by atoms with Crippen LogP contribution in [-0.2, 0) is 0 Å². The van der Waals surface area contributed by atoms with Gasteiger partial charge in [0.15, 0.2) is 0 Å². The van der Waals surface area contributed by atoms with E-state index in [0.717, 1.165) is 0 Å². The summed E-state index contributed by atoms with van der Waals surface area (Å²) < 4.78 is 5.42. The molecule has 0 aromatic heterocycles. The molecule has 0 spiro atoms. The maximum absolute atomic E-state index is 9.65. The fourth-order valence-electron chi connectivity index (χ4n) is 1.47. The number of aliphatic hydroxyl groups is 1. The van der Waals surface area contributed by atoms with Crippen molar-refractivity contribution < 1.29 is 9.84 Å². The molecule has 0 saturated heterocycles. The van der Waals surface area contributed by atoms with Crippen molar-refractivity contribution in [3.05, 3.63) is 29.8 Å². The van der Waals surface area contributed by atoms with Crippen molar-refractivity contribution >= 4 is 0 Å². The molecule has 0 bridgehead atoms. The molecule has 0 aliphatic heterocycles. The van der Waals surface area contributed by atoms with Crippen molar-refractivity contribution in [3.8, 4) is 11.8 Å². The fraction of sp³-hybridized carbons (Fsp3) is 0.462. The van der Waals surface area contributed by atoms with Crippen molar-refractivity contribution in [2.75, 3.05) is 13.2 Å². The number of hydrogen-bond donors (Lipinski definition) is 2. The number of rotatable bonds is 6. The van der Waals surface area contributed by atoms with Crippen LogP contribution in [-0.4, -0.2) is 30.4 Å². The lowest BCUT2D eigenvalue weighted by molar-refractivity contribution is 0.106. The van der Waals surface area contributed by atoms with Crippen molar-refractivity contribution in [1.82, 2.24) is 5.32 Å². The van der Waals surface area contributed by atoms with Crippen molar-refractivity contribution in [1.29, 1.82) is 5.26 Å². The first-order chi connectivity index (χ1) is 8.28. The predicted molar refractivity (Wildman–Crippen MR) is 63.7 cm³/mol. The first kappa shape index (κ1) is 11.9. The lowest BCUT2D eigenvalue weighted by Crippen LogP contribution is -2.32. The highest BCUT2D eigenvalue weighted by Crippen LogP contribution is 2.18. The first-order valence-electron chi connectivity index (χ1n) is 5.82. The quantitative estimate of drug-likeness (QED) is 0.769. The van der Waals surface area contributed by atoms with Crippen LogP contribution in [0.2, 0.25) is 0 Å². The molecule has 1 saturated carbocycles. The summed E-state index contributed by atoms with van der Waals surface area (Å²) in [4.78, 5) is 0. The minimum absolute atomic E-state index is 0.269. The van der Waals surface area contributed by atoms with Crippen LogP contribution in [0.25, 0.3) is 0 Å². The Morgan fingerprint density at radius 3 is 2.71 bits per heavy atom. The number of nitrogens with zero attached hydrogens (tertiary/aromatic N) is 1. The summed E-state index contributed by atoms with van der Waals surface area (Å²) >= 11 is 0. The number of hydrogen-bond acceptors (Lipinski definition) is 4. The highest BCUT2D eigenvalue weighted by atomic mass is 16.5. The lowest BCUT2D eigenvalue weighted by Gasteiger charge is -2.12. The van der Waals surface area contributed by atoms with E-state index in [1.165, 1.54) is 12.8 Å². The molecule has 1 atom stereocenters. The van der Waals surface area contributed by atoms with Crippen molar-refractivity contribution in [3.63, 3.8) is 0 Å². The highest BCUT2D eigenvalue weighted by molar-refractivity contribution is 5.34. The van der Waals surface area contributed by atoms with E-state index in [1.807, 2.05) is 6.07 Å². The van der Waals surface area contributed by atoms with Gasteiger partial charge in [0, 0.05) is 12.6 Å². The molecule has 4 heteroatoms. The molecule has 0 radical (unpaired) electrons. The smallest absolute Gasteiger partial charge is 0.119 e. The summed E-state index contributed by atoms with van der Waals surface area (Å²) in [6.07, 6.45) is 1.93. The average Bonchev–Trinajstić information content (AvgIpc) is 3.18. The summed E-state index contributed by atoms with van der Waals surface area (Å²) in [5.41, 5.74) is 0.605. The molecule has 2 rings (SSSR count). The molecule has 1 fully saturated rings. The second-order valence-electron chi connectivity index (χ2n) is 4.28. The summed E-state index contributed by atoms with van der Waals surface area (Å²) in [5, 5.41) is 21.5. The van der Waals surface area contributed by atoms with Crippen LogP contribution in [0.5, 0.6) is 5.75 Å². The van der Waals surface area contributed by atoms with Crippen LogP contribution in [0.4, 0.5) is 0 Å². The van der Waals surface area contributed by atoms with Gasteiger partial charge in [0.2, 0.25) is 0 Å². The van der Waals surface area contributed by atoms with Crippen molar-refractivity contribution in [2.45, 2.75) is 25.0 Å². The molecule has 1 aromatic rings. The van der Waals surface area contributed by atoms with E-state index < -0.39 is 6.10 Å². The van der Waals surface area contributed by atoms with E-state index >= 15 is 0 Å². The van der Waals surface area contributed by atoms with Crippen LogP contribution in [0.15, 0.2) is 24.3 Å². The van der Waals surface area contributed by atoms with E-state index in [0.29, 0.717) is 23.9 Å². The molecule has 2 N–H and O–H groups in total. The molecule has 0 heterocycles. The van der Waals surface area contributed by atoms with Gasteiger partial charge in [-0.15, -0.1) is 0 Å². The molecule has 1 unspecified atom stereocenters. The van der Waals surface area contributed by atoms with Gasteiger partial charge < -0.3 is 15.2 Å². The Morgan fingerprint density at radius 1 is 1.41 bits per heavy atom. The number of aliphatic hydroxyl groups excluding tert-OH is 1. The molecular formula is C13H16N2O2. The van der Waals surface area contributed by atoms with Crippen LogP contribution >= 0.6 is 0 Å². The molecule has 0 amide bonds. The monoisotopic (exact) mass is 232 g/mol. The van der Waals surface area contributed by atoms with E-state index in [4.69, 9.17) is 10.00 Å². The Kier molecular flexibility index (Phi) is 3.97. The number of nitrogens with one attached hydrogen (secondary N) is 1. The van der Waals surface area contributed by atoms with Gasteiger partial charge in [0.05, 0.1) is 11.6 Å². The zero-order chi connectivity index (χ0) is 12.1. The molecule has 1 aliphatic carbocycles. The van der Waals surface area contributed by atoms with E-state index in [2.05, 4.69) is 5.32 Å². The van der Waals surface area contributed by atoms with E-state index in [-0.39, 0.29) is 6.61 Å². The number of benzene rings is 1. The third kappa shape index (κ3) is 4.06. The highest BCUT2D eigenvalue weighted by Gasteiger charge is 2.21. The summed E-state index contributed by atoms with van der Waals surface area (Å²) in [6, 6.07) is 9.51. The third-order valence-electron chi connectivity index (χ3n) is 2.65. The molecule has 1 aromatic carbocycles. The topological polar surface area (TPSA) is 65.3 Å². The lowest BCUT2D eigenvalue weighted by atomic mass is 10.2. The maximum Gasteiger partial charge on any atom is 0.119 e. The molecule has 90 valence electrons. The summed E-state index contributed by atoms with van der Waals surface area (Å²) in [7, 11) is 0. The van der Waals surface area contributed by atoms with Gasteiger partial charge in [-0.1, -0.05) is 0 Å². The van der Waals surface area contributed by atoms with Crippen LogP contribution in [0.1, 0.15) is 18.4 Å². The van der Waals surface area contributed by atoms with Crippen LogP contribution < -0.4 is 10.1 Å². The zero-order valence-electron chi connectivity index (χ0n) is 9.60. The average molecular weight is 232 g/mol. The Hall–Kier alpha value is -1.57. The minimum Gasteiger partial charge on any atom is -0.491 e. The Balaban J connectivity index is 1.70. The van der Waals surface area contributed by atoms with Gasteiger partial charge >= 0.3 is 0 Å². The third-order valence-corrected chi connectivity index (χ3v) is 2.65. The van der Waals surface area contributed by atoms with E-state index in [1.54, 1.807) is 24.3 Å². The SMILES string of the molecule is N#Cc1ccc(OCC(O)CNC2CC2)cc1. The minimum atomic E-state index is -0.494. The normalized spacial score (nSPS) is 16.2. The summed E-state index contributed by atoms with van der Waals surface area (Å²) in [6.45, 7) is 0.840. The van der Waals surface area contributed by atoms with Gasteiger partial charge in [0.25, 0.3) is 0 Å². The summed E-state index contributed by atoms with van der Waals surface area (Å²) in [5.74, 6) is 0.675. The zero-order valence-corrected chi connectivity index (χ0v) is 9.60. The first-order valence-corrected chi connectivity index (χ1v) is 5.82. The Bertz CT molecular complexity index is 393. The van der Waals surface area contributed by atoms with Gasteiger partial charge in [-0.2, -0.15) is 5.26 Å². The predicted octanol–water partition coefficient (Wildman–Crippen LogP) is 1.05. The fourth-order valence-corrected chi connectivity index (χ4v) is 1.47. The van der Waals surface area contributed by atoms with Crippen LogP contribution in [0.3, 0.4) is 0 Å². The Labute approximate surface area is 101 Å². The number of ether oxygens (including phenoxy) is 1. The van der Waals surface area contributed by atoms with Crippen molar-refractivity contribution in [2.24, 2.45) is 0 Å². The van der Waals surface area contributed by atoms with Crippen LogP contribution in [0, 0.1) is 11.3 Å². The van der Waals surface area contributed by atoms with Gasteiger partial charge in [0.1, 0.15) is 18.5 Å². The molecule has 17 heavy (non-hydrogen) atoms. The number of nitriles is 1. The van der Waals surface area contributed by atoms with Gasteiger partial charge in [-0.3, -0.25) is 0 Å². The van der Waals surface area contributed by atoms with E-state index in [9.17, 15) is 5.11 Å². The molecule has 4 nitrogen and oxygen atoms in total. The Morgan fingerprint density at radius 2 is 2.12 bits per heavy atom. The second kappa shape index (κ2) is 5.67. The largest absolute Gasteiger partial charge is 0.491 e.